The molecule has 0 N–H and O–H groups in total. The van der Waals surface area contributed by atoms with Crippen LogP contribution in [0, 0.1) is 18.3 Å². The molecule has 15 heavy (non-hydrogen) atoms. The van der Waals surface area contributed by atoms with Crippen molar-refractivity contribution in [2.45, 2.75) is 34.1 Å². The van der Waals surface area contributed by atoms with Crippen LogP contribution in [0.3, 0.4) is 0 Å². The Bertz CT molecular complexity index is 337. The van der Waals surface area contributed by atoms with Crippen molar-refractivity contribution in [2.75, 3.05) is 0 Å². The Morgan fingerprint density at radius 2 is 2.00 bits per heavy atom. The van der Waals surface area contributed by atoms with Crippen LogP contribution in [0.25, 0.3) is 0 Å². The Labute approximate surface area is 94.1 Å². The fourth-order valence-corrected chi connectivity index (χ4v) is 1.15. The van der Waals surface area contributed by atoms with E-state index < -0.39 is 0 Å². The van der Waals surface area contributed by atoms with E-state index in [0.717, 1.165) is 5.57 Å². The topological polar surface area (TPSA) is 0 Å². The minimum Gasteiger partial charge on any atom is -0.120 e. The number of terminal acetylenes is 1. The first kappa shape index (κ1) is 13.6. The molecule has 0 heterocycles. The number of hydrogen-bond acceptors (Lipinski definition) is 0. The Hall–Kier alpha value is -1.44. The van der Waals surface area contributed by atoms with Crippen LogP contribution in [-0.4, -0.2) is 0 Å². The minimum absolute atomic E-state index is 0.472. The lowest BCUT2D eigenvalue weighted by molar-refractivity contribution is 0.792. The standard InChI is InChI=1S/C15H20/c1-6-8-9-11-15(13(3)4)12-14(5)10-7-2/h1,7,9-11,13H,8H2,2-5H3. The van der Waals surface area contributed by atoms with E-state index >= 15 is 0 Å². The molecule has 0 aliphatic heterocycles. The third-order valence-electron chi connectivity index (χ3n) is 1.91. The SMILES string of the molecule is C#CCC=CC(=C=C(C)C=CC)C(C)C. The Morgan fingerprint density at radius 1 is 1.33 bits per heavy atom. The van der Waals surface area contributed by atoms with Crippen LogP contribution in [0.2, 0.25) is 0 Å². The molecule has 0 saturated heterocycles. The van der Waals surface area contributed by atoms with Crippen LogP contribution in [0.15, 0.2) is 41.2 Å². The van der Waals surface area contributed by atoms with E-state index in [1.807, 2.05) is 19.1 Å². The van der Waals surface area contributed by atoms with E-state index in [9.17, 15) is 0 Å². The van der Waals surface area contributed by atoms with Gasteiger partial charge in [0.05, 0.1) is 0 Å². The van der Waals surface area contributed by atoms with Crippen molar-refractivity contribution >= 4 is 0 Å². The quantitative estimate of drug-likeness (QED) is 0.361. The molecule has 0 aliphatic rings. The lowest BCUT2D eigenvalue weighted by Gasteiger charge is -2.02. The maximum absolute atomic E-state index is 5.19. The summed E-state index contributed by atoms with van der Waals surface area (Å²) in [6, 6.07) is 0. The Balaban J connectivity index is 4.98. The minimum atomic E-state index is 0.472. The predicted molar refractivity (Wildman–Crippen MR) is 68.5 cm³/mol. The van der Waals surface area contributed by atoms with Crippen molar-refractivity contribution in [2.24, 2.45) is 5.92 Å². The van der Waals surface area contributed by atoms with E-state index in [-0.39, 0.29) is 0 Å². The molecule has 0 aromatic rings. The van der Waals surface area contributed by atoms with E-state index in [4.69, 9.17) is 6.42 Å². The molecule has 0 fully saturated rings. The predicted octanol–water partition coefficient (Wildman–Crippen LogP) is 4.27. The third kappa shape index (κ3) is 6.61. The summed E-state index contributed by atoms with van der Waals surface area (Å²) in [4.78, 5) is 0. The van der Waals surface area contributed by atoms with Gasteiger partial charge in [-0.25, -0.2) is 0 Å². The first-order chi connectivity index (χ1) is 7.11. The highest BCUT2D eigenvalue weighted by Crippen LogP contribution is 2.11. The molecule has 0 atom stereocenters. The van der Waals surface area contributed by atoms with Crippen LogP contribution in [0.1, 0.15) is 34.1 Å². The van der Waals surface area contributed by atoms with Gasteiger partial charge in [-0.2, -0.15) is 0 Å². The van der Waals surface area contributed by atoms with Crippen molar-refractivity contribution in [3.05, 3.63) is 41.2 Å². The molecular formula is C15H20. The third-order valence-corrected chi connectivity index (χ3v) is 1.91. The van der Waals surface area contributed by atoms with Gasteiger partial charge in [0, 0.05) is 6.42 Å². The largest absolute Gasteiger partial charge is 0.120 e. The molecule has 0 aliphatic carbocycles. The van der Waals surface area contributed by atoms with Gasteiger partial charge >= 0.3 is 0 Å². The van der Waals surface area contributed by atoms with Gasteiger partial charge in [0.25, 0.3) is 0 Å². The number of hydrogen-bond donors (Lipinski definition) is 0. The van der Waals surface area contributed by atoms with Crippen molar-refractivity contribution in [1.82, 2.24) is 0 Å². The first-order valence-electron chi connectivity index (χ1n) is 5.32. The zero-order chi connectivity index (χ0) is 11.7. The fraction of sp³-hybridized carbons (Fsp3) is 0.400. The summed E-state index contributed by atoms with van der Waals surface area (Å²) < 4.78 is 0. The number of rotatable bonds is 4. The van der Waals surface area contributed by atoms with Crippen LogP contribution < -0.4 is 0 Å². The van der Waals surface area contributed by atoms with Crippen LogP contribution in [-0.2, 0) is 0 Å². The molecule has 0 saturated carbocycles. The fourth-order valence-electron chi connectivity index (χ4n) is 1.15. The van der Waals surface area contributed by atoms with Crippen LogP contribution in [0.5, 0.6) is 0 Å². The molecule has 0 heteroatoms. The van der Waals surface area contributed by atoms with Crippen molar-refractivity contribution < 1.29 is 0 Å². The summed E-state index contributed by atoms with van der Waals surface area (Å²) in [6.45, 7) is 8.38. The molecule has 0 aromatic carbocycles. The van der Waals surface area contributed by atoms with Crippen molar-refractivity contribution in [1.29, 1.82) is 0 Å². The van der Waals surface area contributed by atoms with Gasteiger partial charge in [0.2, 0.25) is 0 Å². The summed E-state index contributed by atoms with van der Waals surface area (Å²) in [7, 11) is 0. The molecule has 0 amide bonds. The smallest absolute Gasteiger partial charge is 0.0270 e. The lowest BCUT2D eigenvalue weighted by atomic mass is 10.0. The average molecular weight is 200 g/mol. The van der Waals surface area contributed by atoms with Gasteiger partial charge in [-0.05, 0) is 30.9 Å². The highest BCUT2D eigenvalue weighted by atomic mass is 14.0. The molecule has 0 spiro atoms. The van der Waals surface area contributed by atoms with Gasteiger partial charge < -0.3 is 0 Å². The summed E-state index contributed by atoms with van der Waals surface area (Å²) >= 11 is 0. The lowest BCUT2D eigenvalue weighted by Crippen LogP contribution is -1.88. The first-order valence-corrected chi connectivity index (χ1v) is 5.32. The van der Waals surface area contributed by atoms with Crippen molar-refractivity contribution in [3.8, 4) is 12.3 Å². The second-order valence-electron chi connectivity index (χ2n) is 3.73. The average Bonchev–Trinajstić information content (AvgIpc) is 2.16. The molecule has 0 radical (unpaired) electrons. The molecule has 0 aromatic heterocycles. The van der Waals surface area contributed by atoms with Crippen LogP contribution >= 0.6 is 0 Å². The second kappa shape index (κ2) is 7.92. The van der Waals surface area contributed by atoms with E-state index in [2.05, 4.69) is 44.6 Å². The van der Waals surface area contributed by atoms with Crippen molar-refractivity contribution in [3.63, 3.8) is 0 Å². The summed E-state index contributed by atoms with van der Waals surface area (Å²) in [5.41, 5.74) is 5.71. The Morgan fingerprint density at radius 3 is 2.47 bits per heavy atom. The zero-order valence-electron chi connectivity index (χ0n) is 10.2. The highest BCUT2D eigenvalue weighted by molar-refractivity contribution is 5.26. The zero-order valence-corrected chi connectivity index (χ0v) is 10.2. The maximum Gasteiger partial charge on any atom is 0.0270 e. The van der Waals surface area contributed by atoms with Gasteiger partial charge in [-0.15, -0.1) is 18.1 Å². The molecule has 80 valence electrons. The van der Waals surface area contributed by atoms with E-state index in [0.29, 0.717) is 12.3 Å². The van der Waals surface area contributed by atoms with E-state index in [1.54, 1.807) is 0 Å². The van der Waals surface area contributed by atoms with Gasteiger partial charge in [0.15, 0.2) is 0 Å². The second-order valence-corrected chi connectivity index (χ2v) is 3.73. The molecule has 0 rings (SSSR count). The summed E-state index contributed by atoms with van der Waals surface area (Å²) in [5.74, 6) is 3.06. The number of allylic oxidation sites excluding steroid dienone is 5. The maximum atomic E-state index is 5.19. The Kier molecular flexibility index (Phi) is 7.16. The van der Waals surface area contributed by atoms with Gasteiger partial charge in [-0.1, -0.05) is 38.2 Å². The summed E-state index contributed by atoms with van der Waals surface area (Å²) in [5, 5.41) is 0. The molecule has 0 unspecified atom stereocenters. The van der Waals surface area contributed by atoms with Gasteiger partial charge in [-0.3, -0.25) is 0 Å². The monoisotopic (exact) mass is 200 g/mol. The normalized spacial score (nSPS) is 10.7. The van der Waals surface area contributed by atoms with Gasteiger partial charge in [0.1, 0.15) is 0 Å². The van der Waals surface area contributed by atoms with E-state index in [1.165, 1.54) is 5.57 Å². The molecule has 0 nitrogen and oxygen atoms in total. The molecule has 0 bridgehead atoms. The molecular weight excluding hydrogens is 180 g/mol. The summed E-state index contributed by atoms with van der Waals surface area (Å²) in [6.07, 6.45) is 14.0. The highest BCUT2D eigenvalue weighted by Gasteiger charge is 1.97. The van der Waals surface area contributed by atoms with Crippen LogP contribution in [0.4, 0.5) is 0 Å².